The van der Waals surface area contributed by atoms with Gasteiger partial charge < -0.3 is 15.8 Å². The van der Waals surface area contributed by atoms with Crippen molar-refractivity contribution in [1.82, 2.24) is 9.97 Å². The van der Waals surface area contributed by atoms with Gasteiger partial charge in [-0.15, -0.1) is 0 Å². The summed E-state index contributed by atoms with van der Waals surface area (Å²) in [6, 6.07) is 16.1. The lowest BCUT2D eigenvalue weighted by atomic mass is 9.81. The van der Waals surface area contributed by atoms with E-state index in [1.54, 1.807) is 7.11 Å². The molecule has 1 fully saturated rings. The van der Waals surface area contributed by atoms with Gasteiger partial charge in [-0.05, 0) is 73.5 Å². The molecule has 1 aliphatic rings. The van der Waals surface area contributed by atoms with Crippen LogP contribution < -0.4 is 15.8 Å². The van der Waals surface area contributed by atoms with Crippen LogP contribution in [0.2, 0.25) is 0 Å². The molecule has 0 bridgehead atoms. The standard InChI is InChI=1S/C25H30N4O/c1-30-21-12-9-18(10-13-21)11-14-24-28-23-8-3-2-7-22(23)25(29-24)27-17-20-6-4-5-19(15-20)16-26/h2-3,7-14,19-20H,4-6,15-17,26H2,1H3,(H,27,28,29)/b14-11+. The molecule has 1 heterocycles. The van der Waals surface area contributed by atoms with Crippen LogP contribution in [0, 0.1) is 11.8 Å². The Labute approximate surface area is 178 Å². The van der Waals surface area contributed by atoms with Crippen molar-refractivity contribution in [2.75, 3.05) is 25.5 Å². The van der Waals surface area contributed by atoms with Crippen LogP contribution in [0.15, 0.2) is 48.5 Å². The third-order valence-corrected chi connectivity index (χ3v) is 5.94. The molecule has 5 heteroatoms. The number of rotatable bonds is 7. The first-order valence-electron chi connectivity index (χ1n) is 10.8. The van der Waals surface area contributed by atoms with E-state index >= 15 is 0 Å². The number of methoxy groups -OCH3 is 1. The van der Waals surface area contributed by atoms with Crippen molar-refractivity contribution in [1.29, 1.82) is 0 Å². The SMILES string of the molecule is COc1ccc(/C=C/c2nc(NCC3CCCC(CN)C3)c3ccccc3n2)cc1. The van der Waals surface area contributed by atoms with Crippen LogP contribution in [0.3, 0.4) is 0 Å². The van der Waals surface area contributed by atoms with Gasteiger partial charge in [0.1, 0.15) is 11.6 Å². The van der Waals surface area contributed by atoms with Crippen molar-refractivity contribution >= 4 is 28.9 Å². The Kier molecular flexibility index (Phi) is 6.60. The predicted molar refractivity (Wildman–Crippen MR) is 124 cm³/mol. The second-order valence-electron chi connectivity index (χ2n) is 8.07. The first-order valence-corrected chi connectivity index (χ1v) is 10.8. The molecule has 2 atom stereocenters. The van der Waals surface area contributed by atoms with E-state index in [0.717, 1.165) is 41.1 Å². The maximum Gasteiger partial charge on any atom is 0.154 e. The van der Waals surface area contributed by atoms with Crippen molar-refractivity contribution in [2.24, 2.45) is 17.6 Å². The van der Waals surface area contributed by atoms with Crippen molar-refractivity contribution in [3.63, 3.8) is 0 Å². The zero-order valence-corrected chi connectivity index (χ0v) is 17.6. The smallest absolute Gasteiger partial charge is 0.154 e. The van der Waals surface area contributed by atoms with E-state index in [0.29, 0.717) is 17.7 Å². The van der Waals surface area contributed by atoms with Crippen molar-refractivity contribution in [3.8, 4) is 5.75 Å². The van der Waals surface area contributed by atoms with Crippen LogP contribution in [0.1, 0.15) is 37.1 Å². The summed E-state index contributed by atoms with van der Waals surface area (Å²) in [7, 11) is 1.67. The Bertz CT molecular complexity index is 1000. The highest BCUT2D eigenvalue weighted by molar-refractivity contribution is 5.90. The summed E-state index contributed by atoms with van der Waals surface area (Å²) in [5.41, 5.74) is 7.94. The zero-order chi connectivity index (χ0) is 20.8. The molecule has 2 aromatic carbocycles. The number of nitrogens with zero attached hydrogens (tertiary/aromatic N) is 2. The fourth-order valence-electron chi connectivity index (χ4n) is 4.23. The van der Waals surface area contributed by atoms with Crippen molar-refractivity contribution in [3.05, 3.63) is 59.9 Å². The van der Waals surface area contributed by atoms with Crippen LogP contribution in [0.25, 0.3) is 23.1 Å². The number of ether oxygens (including phenoxy) is 1. The molecule has 2 unspecified atom stereocenters. The van der Waals surface area contributed by atoms with Gasteiger partial charge in [0, 0.05) is 11.9 Å². The predicted octanol–water partition coefficient (Wildman–Crippen LogP) is 4.99. The van der Waals surface area contributed by atoms with Crippen molar-refractivity contribution in [2.45, 2.75) is 25.7 Å². The van der Waals surface area contributed by atoms with Crippen LogP contribution >= 0.6 is 0 Å². The topological polar surface area (TPSA) is 73.1 Å². The van der Waals surface area contributed by atoms with Gasteiger partial charge in [0.2, 0.25) is 0 Å². The summed E-state index contributed by atoms with van der Waals surface area (Å²) in [6.45, 7) is 1.73. The molecule has 0 radical (unpaired) electrons. The lowest BCUT2D eigenvalue weighted by Crippen LogP contribution is -2.26. The highest BCUT2D eigenvalue weighted by Gasteiger charge is 2.21. The maximum atomic E-state index is 5.91. The summed E-state index contributed by atoms with van der Waals surface area (Å²) in [5, 5.41) is 4.67. The summed E-state index contributed by atoms with van der Waals surface area (Å²) in [4.78, 5) is 9.54. The highest BCUT2D eigenvalue weighted by Crippen LogP contribution is 2.29. The molecule has 4 rings (SSSR count). The van der Waals surface area contributed by atoms with Gasteiger partial charge in [-0.25, -0.2) is 9.97 Å². The molecule has 0 saturated heterocycles. The number of anilines is 1. The molecule has 1 aromatic heterocycles. The summed E-state index contributed by atoms with van der Waals surface area (Å²) in [5.74, 6) is 3.77. The van der Waals surface area contributed by atoms with Gasteiger partial charge >= 0.3 is 0 Å². The van der Waals surface area contributed by atoms with Gasteiger partial charge in [-0.3, -0.25) is 0 Å². The molecular formula is C25H30N4O. The van der Waals surface area contributed by atoms with E-state index in [9.17, 15) is 0 Å². The van der Waals surface area contributed by atoms with E-state index in [2.05, 4.69) is 11.4 Å². The molecule has 0 amide bonds. The third kappa shape index (κ3) is 4.97. The fraction of sp³-hybridized carbons (Fsp3) is 0.360. The summed E-state index contributed by atoms with van der Waals surface area (Å²) in [6.07, 6.45) is 9.00. The molecule has 156 valence electrons. The number of aromatic nitrogens is 2. The largest absolute Gasteiger partial charge is 0.497 e. The molecule has 30 heavy (non-hydrogen) atoms. The van der Waals surface area contributed by atoms with Crippen LogP contribution in [-0.4, -0.2) is 30.2 Å². The average molecular weight is 403 g/mol. The van der Waals surface area contributed by atoms with E-state index in [1.165, 1.54) is 25.7 Å². The number of nitrogens with two attached hydrogens (primary N) is 1. The second kappa shape index (κ2) is 9.72. The normalized spacial score (nSPS) is 19.3. The minimum atomic E-state index is 0.652. The highest BCUT2D eigenvalue weighted by atomic mass is 16.5. The molecule has 5 nitrogen and oxygen atoms in total. The first-order chi connectivity index (χ1) is 14.7. The third-order valence-electron chi connectivity index (χ3n) is 5.94. The van der Waals surface area contributed by atoms with Crippen LogP contribution in [-0.2, 0) is 0 Å². The second-order valence-corrected chi connectivity index (χ2v) is 8.07. The number of benzene rings is 2. The van der Waals surface area contributed by atoms with Gasteiger partial charge in [-0.1, -0.05) is 36.8 Å². The van der Waals surface area contributed by atoms with Crippen LogP contribution in [0.5, 0.6) is 5.75 Å². The van der Waals surface area contributed by atoms with Crippen molar-refractivity contribution < 1.29 is 4.74 Å². The minimum Gasteiger partial charge on any atom is -0.497 e. The lowest BCUT2D eigenvalue weighted by molar-refractivity contribution is 0.281. The Morgan fingerprint density at radius 1 is 1.03 bits per heavy atom. The zero-order valence-electron chi connectivity index (χ0n) is 17.6. The lowest BCUT2D eigenvalue weighted by Gasteiger charge is -2.28. The fourth-order valence-corrected chi connectivity index (χ4v) is 4.23. The average Bonchev–Trinajstić information content (AvgIpc) is 2.81. The van der Waals surface area contributed by atoms with E-state index < -0.39 is 0 Å². The number of para-hydroxylation sites is 1. The first kappa shape index (κ1) is 20.4. The van der Waals surface area contributed by atoms with Gasteiger partial charge in [0.15, 0.2) is 5.82 Å². The Morgan fingerprint density at radius 2 is 1.83 bits per heavy atom. The van der Waals surface area contributed by atoms with Gasteiger partial charge in [0.05, 0.1) is 12.6 Å². The molecule has 3 N–H and O–H groups in total. The Morgan fingerprint density at radius 3 is 2.63 bits per heavy atom. The van der Waals surface area contributed by atoms with Gasteiger partial charge in [0.25, 0.3) is 0 Å². The summed E-state index contributed by atoms with van der Waals surface area (Å²) >= 11 is 0. The molecule has 1 aliphatic carbocycles. The van der Waals surface area contributed by atoms with E-state index in [1.807, 2.05) is 54.6 Å². The molecule has 1 saturated carbocycles. The molecule has 0 spiro atoms. The molecular weight excluding hydrogens is 372 g/mol. The molecule has 3 aromatic rings. The number of hydrogen-bond donors (Lipinski definition) is 2. The summed E-state index contributed by atoms with van der Waals surface area (Å²) < 4.78 is 5.22. The van der Waals surface area contributed by atoms with E-state index in [4.69, 9.17) is 20.4 Å². The van der Waals surface area contributed by atoms with E-state index in [-0.39, 0.29) is 0 Å². The Hall–Kier alpha value is -2.92. The molecule has 0 aliphatic heterocycles. The minimum absolute atomic E-state index is 0.652. The quantitative estimate of drug-likeness (QED) is 0.583. The monoisotopic (exact) mass is 402 g/mol. The maximum absolute atomic E-state index is 5.91. The Balaban J connectivity index is 1.53. The van der Waals surface area contributed by atoms with Crippen LogP contribution in [0.4, 0.5) is 5.82 Å². The number of nitrogens with one attached hydrogen (secondary N) is 1. The number of hydrogen-bond acceptors (Lipinski definition) is 5. The number of fused-ring (bicyclic) bond motifs is 1. The van der Waals surface area contributed by atoms with Gasteiger partial charge in [-0.2, -0.15) is 0 Å².